The third-order valence-electron chi connectivity index (χ3n) is 3.77. The van der Waals surface area contributed by atoms with Crippen molar-refractivity contribution >= 4 is 28.2 Å². The number of hydrogen-bond acceptors (Lipinski definition) is 3. The molecule has 4 aromatic rings. The molecule has 0 unspecified atom stereocenters. The van der Waals surface area contributed by atoms with Crippen LogP contribution in [-0.2, 0) is 0 Å². The van der Waals surface area contributed by atoms with E-state index in [0.29, 0.717) is 10.9 Å². The van der Waals surface area contributed by atoms with E-state index in [-0.39, 0.29) is 0 Å². The summed E-state index contributed by atoms with van der Waals surface area (Å²) in [6, 6.07) is 15.4. The summed E-state index contributed by atoms with van der Waals surface area (Å²) in [4.78, 5) is 4.66. The van der Waals surface area contributed by atoms with Gasteiger partial charge in [-0.1, -0.05) is 39.0 Å². The first-order chi connectivity index (χ1) is 11.2. The van der Waals surface area contributed by atoms with E-state index in [4.69, 9.17) is 21.6 Å². The first-order valence-electron chi connectivity index (χ1n) is 7.19. The molecule has 2 aromatic carbocycles. The van der Waals surface area contributed by atoms with Crippen LogP contribution >= 0.6 is 11.6 Å². The van der Waals surface area contributed by atoms with Crippen LogP contribution in [0.4, 0.5) is 0 Å². The Hall–Kier alpha value is -2.66. The Morgan fingerprint density at radius 2 is 1.96 bits per heavy atom. The maximum atomic E-state index is 6.11. The topological polar surface area (TPSA) is 44.0 Å². The molecule has 0 saturated carbocycles. The molecule has 0 saturated heterocycles. The summed E-state index contributed by atoms with van der Waals surface area (Å²) in [5.74, 6) is 0.628. The molecule has 0 amide bonds. The Labute approximate surface area is 137 Å². The third kappa shape index (κ3) is 2.12. The molecule has 0 bridgehead atoms. The molecule has 0 fully saturated rings. The van der Waals surface area contributed by atoms with Crippen LogP contribution in [0.1, 0.15) is 5.69 Å². The zero-order valence-electron chi connectivity index (χ0n) is 12.7. The lowest BCUT2D eigenvalue weighted by molar-refractivity contribution is -0.556. The number of fused-ring (bicyclic) bond motifs is 3. The average Bonchev–Trinajstić information content (AvgIpc) is 2.95. The summed E-state index contributed by atoms with van der Waals surface area (Å²) in [6.45, 7) is 1.95. The predicted octanol–water partition coefficient (Wildman–Crippen LogP) is 3.13. The largest absolute Gasteiger partial charge is 0.461 e. The number of benzene rings is 2. The lowest BCUT2D eigenvalue weighted by Crippen LogP contribution is -2.27. The van der Waals surface area contributed by atoms with Crippen molar-refractivity contribution in [2.24, 2.45) is 0 Å². The number of aromatic nitrogens is 4. The summed E-state index contributed by atoms with van der Waals surface area (Å²) in [5, 5.41) is 5.34. The number of rotatable bonds is 2. The molecular weight excluding hydrogens is 312 g/mol. The van der Waals surface area contributed by atoms with Crippen molar-refractivity contribution in [1.29, 1.82) is 0 Å². The van der Waals surface area contributed by atoms with E-state index in [2.05, 4.69) is 4.98 Å². The van der Waals surface area contributed by atoms with Crippen LogP contribution < -0.4 is 9.25 Å². The van der Waals surface area contributed by atoms with Crippen molar-refractivity contribution in [2.75, 3.05) is 7.11 Å². The van der Waals surface area contributed by atoms with E-state index in [0.717, 1.165) is 27.9 Å². The van der Waals surface area contributed by atoms with Gasteiger partial charge in [-0.3, -0.25) is 0 Å². The van der Waals surface area contributed by atoms with Gasteiger partial charge in [0.2, 0.25) is 0 Å². The number of ether oxygens (including phenoxy) is 1. The third-order valence-corrected chi connectivity index (χ3v) is 4.01. The summed E-state index contributed by atoms with van der Waals surface area (Å²) in [6.07, 6.45) is 0. The highest BCUT2D eigenvalue weighted by Gasteiger charge is 2.27. The zero-order valence-corrected chi connectivity index (χ0v) is 13.4. The molecule has 2 heterocycles. The molecule has 0 radical (unpaired) electrons. The highest BCUT2D eigenvalue weighted by atomic mass is 35.5. The van der Waals surface area contributed by atoms with Crippen molar-refractivity contribution in [3.63, 3.8) is 0 Å². The second-order valence-corrected chi connectivity index (χ2v) is 5.67. The van der Waals surface area contributed by atoms with E-state index in [1.165, 1.54) is 0 Å². The summed E-state index contributed by atoms with van der Waals surface area (Å²) < 4.78 is 9.22. The van der Waals surface area contributed by atoms with Crippen molar-refractivity contribution < 1.29 is 9.25 Å². The van der Waals surface area contributed by atoms with E-state index in [1.54, 1.807) is 11.8 Å². The smallest absolute Gasteiger partial charge is 0.363 e. The molecule has 0 aliphatic heterocycles. The van der Waals surface area contributed by atoms with Crippen molar-refractivity contribution in [3.8, 4) is 11.6 Å². The van der Waals surface area contributed by atoms with E-state index in [1.807, 2.05) is 60.0 Å². The van der Waals surface area contributed by atoms with E-state index >= 15 is 0 Å². The highest BCUT2D eigenvalue weighted by Crippen LogP contribution is 2.25. The van der Waals surface area contributed by atoms with Crippen LogP contribution in [0.2, 0.25) is 5.02 Å². The predicted molar refractivity (Wildman–Crippen MR) is 88.3 cm³/mol. The van der Waals surface area contributed by atoms with Gasteiger partial charge in [-0.2, -0.15) is 0 Å². The molecule has 6 heteroatoms. The zero-order chi connectivity index (χ0) is 16.0. The maximum absolute atomic E-state index is 6.11. The van der Waals surface area contributed by atoms with Crippen LogP contribution in [0.5, 0.6) is 5.88 Å². The van der Waals surface area contributed by atoms with Gasteiger partial charge in [0.1, 0.15) is 10.7 Å². The van der Waals surface area contributed by atoms with E-state index in [9.17, 15) is 0 Å². The van der Waals surface area contributed by atoms with Gasteiger partial charge in [-0.25, -0.2) is 4.98 Å². The van der Waals surface area contributed by atoms with Crippen molar-refractivity contribution in [1.82, 2.24) is 14.9 Å². The number of methoxy groups -OCH3 is 1. The lowest BCUT2D eigenvalue weighted by atomic mass is 10.2. The average molecular weight is 326 g/mol. The molecule has 0 atom stereocenters. The number of aryl methyl sites for hydroxylation is 1. The lowest BCUT2D eigenvalue weighted by Gasteiger charge is -1.99. The van der Waals surface area contributed by atoms with Gasteiger partial charge >= 0.3 is 5.88 Å². The van der Waals surface area contributed by atoms with Gasteiger partial charge in [0, 0.05) is 11.1 Å². The molecule has 0 spiro atoms. The fourth-order valence-corrected chi connectivity index (χ4v) is 2.96. The molecule has 0 N–H and O–H groups in total. The molecular formula is C17H14ClN4O+. The molecule has 0 aliphatic carbocycles. The first kappa shape index (κ1) is 14.0. The Kier molecular flexibility index (Phi) is 3.16. The SMILES string of the molecule is COc1c2c(C)nc3ccccc3[n+]2nn1-c1cccc(Cl)c1. The fraction of sp³-hybridized carbons (Fsp3) is 0.118. The Bertz CT molecular complexity index is 1040. The van der Waals surface area contributed by atoms with Gasteiger partial charge in [-0.15, -0.1) is 0 Å². The molecule has 23 heavy (non-hydrogen) atoms. The van der Waals surface area contributed by atoms with Crippen molar-refractivity contribution in [3.05, 3.63) is 59.2 Å². The molecule has 4 rings (SSSR count). The minimum Gasteiger partial charge on any atom is -0.461 e. The van der Waals surface area contributed by atoms with Crippen LogP contribution in [0.15, 0.2) is 48.5 Å². The highest BCUT2D eigenvalue weighted by molar-refractivity contribution is 6.30. The van der Waals surface area contributed by atoms with Gasteiger partial charge in [-0.05, 0) is 31.2 Å². The number of para-hydroxylation sites is 2. The Morgan fingerprint density at radius 3 is 2.74 bits per heavy atom. The quantitative estimate of drug-likeness (QED) is 0.532. The number of hydrogen-bond donors (Lipinski definition) is 0. The standard InChI is InChI=1S/C17H14ClN4O/c1-11-16-17(23-2)21(13-7-5-6-12(18)10-13)20-22(16)15-9-4-3-8-14(15)19-11/h3-10H,1-2H3/q+1. The molecule has 5 nitrogen and oxygen atoms in total. The fourth-order valence-electron chi connectivity index (χ4n) is 2.77. The summed E-state index contributed by atoms with van der Waals surface area (Å²) >= 11 is 6.11. The van der Waals surface area contributed by atoms with Crippen LogP contribution in [0.25, 0.3) is 22.2 Å². The van der Waals surface area contributed by atoms with E-state index < -0.39 is 0 Å². The normalized spacial score (nSPS) is 11.3. The van der Waals surface area contributed by atoms with Gasteiger partial charge < -0.3 is 4.74 Å². The van der Waals surface area contributed by atoms with Crippen LogP contribution in [0.3, 0.4) is 0 Å². The van der Waals surface area contributed by atoms with Crippen molar-refractivity contribution in [2.45, 2.75) is 6.92 Å². The van der Waals surface area contributed by atoms with Gasteiger partial charge in [0.15, 0.2) is 11.2 Å². The summed E-state index contributed by atoms with van der Waals surface area (Å²) in [5.41, 5.74) is 4.34. The van der Waals surface area contributed by atoms with Gasteiger partial charge in [0.05, 0.1) is 12.8 Å². The molecule has 2 aromatic heterocycles. The second-order valence-electron chi connectivity index (χ2n) is 5.24. The first-order valence-corrected chi connectivity index (χ1v) is 7.57. The Balaban J connectivity index is 2.14. The number of halogens is 1. The van der Waals surface area contributed by atoms with Gasteiger partial charge in [0.25, 0.3) is 5.52 Å². The molecule has 0 aliphatic rings. The second kappa shape index (κ2) is 5.21. The number of nitrogens with zero attached hydrogens (tertiary/aromatic N) is 4. The van der Waals surface area contributed by atoms with Crippen LogP contribution in [0, 0.1) is 6.92 Å². The van der Waals surface area contributed by atoms with Crippen LogP contribution in [-0.4, -0.2) is 22.0 Å². The minimum atomic E-state index is 0.628. The Morgan fingerprint density at radius 1 is 1.13 bits per heavy atom. The minimum absolute atomic E-state index is 0.628. The maximum Gasteiger partial charge on any atom is 0.363 e. The summed E-state index contributed by atoms with van der Waals surface area (Å²) in [7, 11) is 1.63. The molecule has 114 valence electrons. The monoisotopic (exact) mass is 325 g/mol.